The highest BCUT2D eigenvalue weighted by Gasteiger charge is 2.21. The molecular weight excluding hydrogens is 158 g/mol. The number of carbonyl (C=O) groups is 1. The molecule has 1 atom stereocenters. The minimum Gasteiger partial charge on any atom is -0.394 e. The van der Waals surface area contributed by atoms with Crippen molar-refractivity contribution in [3.63, 3.8) is 0 Å². The second-order valence-corrected chi connectivity index (χ2v) is 2.86. The van der Waals surface area contributed by atoms with Crippen LogP contribution in [0.25, 0.3) is 0 Å². The van der Waals surface area contributed by atoms with Crippen molar-refractivity contribution in [2.45, 2.75) is 6.04 Å². The Morgan fingerprint density at radius 2 is 2.17 bits per heavy atom. The first-order valence-electron chi connectivity index (χ1n) is 4.11. The average molecular weight is 173 g/mol. The van der Waals surface area contributed by atoms with Gasteiger partial charge in [-0.25, -0.2) is 0 Å². The molecular formula is C7H15N3O2. The van der Waals surface area contributed by atoms with Crippen LogP contribution in [-0.4, -0.2) is 54.7 Å². The van der Waals surface area contributed by atoms with Gasteiger partial charge in [0, 0.05) is 26.2 Å². The summed E-state index contributed by atoms with van der Waals surface area (Å²) >= 11 is 0. The van der Waals surface area contributed by atoms with E-state index in [1.165, 1.54) is 0 Å². The Balaban J connectivity index is 2.39. The molecule has 1 heterocycles. The van der Waals surface area contributed by atoms with Gasteiger partial charge in [0.1, 0.15) is 6.04 Å². The molecule has 1 saturated heterocycles. The number of hydrogen-bond acceptors (Lipinski definition) is 4. The average Bonchev–Trinajstić information content (AvgIpc) is 2.17. The molecule has 1 aliphatic heterocycles. The predicted octanol–water partition coefficient (Wildman–Crippen LogP) is -2.26. The van der Waals surface area contributed by atoms with Crippen molar-refractivity contribution in [1.29, 1.82) is 0 Å². The van der Waals surface area contributed by atoms with Gasteiger partial charge in [-0.1, -0.05) is 0 Å². The summed E-state index contributed by atoms with van der Waals surface area (Å²) in [5, 5.41) is 11.8. The molecule has 0 saturated carbocycles. The Bertz CT molecular complexity index is 157. The Labute approximate surface area is 71.5 Å². The van der Waals surface area contributed by atoms with Crippen LogP contribution in [0.1, 0.15) is 0 Å². The smallest absolute Gasteiger partial charge is 0.241 e. The molecule has 0 bridgehead atoms. The van der Waals surface area contributed by atoms with Crippen molar-refractivity contribution in [1.82, 2.24) is 10.2 Å². The van der Waals surface area contributed by atoms with Gasteiger partial charge in [0.15, 0.2) is 0 Å². The van der Waals surface area contributed by atoms with E-state index in [4.69, 9.17) is 10.8 Å². The van der Waals surface area contributed by atoms with Crippen LogP contribution in [0.2, 0.25) is 0 Å². The highest BCUT2D eigenvalue weighted by atomic mass is 16.3. The van der Waals surface area contributed by atoms with Crippen LogP contribution < -0.4 is 11.1 Å². The number of nitrogens with zero attached hydrogens (tertiary/aromatic N) is 1. The molecule has 5 nitrogen and oxygen atoms in total. The van der Waals surface area contributed by atoms with E-state index in [1.54, 1.807) is 4.90 Å². The predicted molar refractivity (Wildman–Crippen MR) is 44.5 cm³/mol. The summed E-state index contributed by atoms with van der Waals surface area (Å²) in [7, 11) is 0. The Kier molecular flexibility index (Phi) is 3.46. The van der Waals surface area contributed by atoms with Gasteiger partial charge < -0.3 is 21.1 Å². The van der Waals surface area contributed by atoms with Crippen molar-refractivity contribution in [3.05, 3.63) is 0 Å². The maximum absolute atomic E-state index is 11.3. The summed E-state index contributed by atoms with van der Waals surface area (Å²) < 4.78 is 0. The fourth-order valence-electron chi connectivity index (χ4n) is 1.20. The number of rotatable bonds is 2. The normalized spacial score (nSPS) is 20.7. The van der Waals surface area contributed by atoms with Crippen LogP contribution in [0.5, 0.6) is 0 Å². The minimum atomic E-state index is -0.747. The lowest BCUT2D eigenvalue weighted by molar-refractivity contribution is -0.134. The quantitative estimate of drug-likeness (QED) is 0.440. The number of aliphatic hydroxyl groups excluding tert-OH is 1. The highest BCUT2D eigenvalue weighted by Crippen LogP contribution is 1.95. The molecule has 0 aliphatic carbocycles. The lowest BCUT2D eigenvalue weighted by Gasteiger charge is -2.29. The number of aliphatic hydroxyl groups is 1. The second-order valence-electron chi connectivity index (χ2n) is 2.86. The summed E-state index contributed by atoms with van der Waals surface area (Å²) in [5.74, 6) is -0.154. The number of carbonyl (C=O) groups excluding carboxylic acids is 1. The number of hydrogen-bond donors (Lipinski definition) is 3. The first-order valence-corrected chi connectivity index (χ1v) is 4.11. The zero-order chi connectivity index (χ0) is 8.97. The van der Waals surface area contributed by atoms with Gasteiger partial charge in [0.25, 0.3) is 0 Å². The van der Waals surface area contributed by atoms with Gasteiger partial charge in [-0.05, 0) is 0 Å². The van der Waals surface area contributed by atoms with Crippen molar-refractivity contribution in [3.8, 4) is 0 Å². The number of nitrogens with two attached hydrogens (primary N) is 1. The zero-order valence-electron chi connectivity index (χ0n) is 6.99. The third kappa shape index (κ3) is 2.17. The van der Waals surface area contributed by atoms with E-state index >= 15 is 0 Å². The lowest BCUT2D eigenvalue weighted by Crippen LogP contribution is -2.52. The molecule has 1 aliphatic rings. The molecule has 12 heavy (non-hydrogen) atoms. The second kappa shape index (κ2) is 4.39. The number of piperazine rings is 1. The standard InChI is InChI=1S/C7H15N3O2/c8-6(5-11)7(12)10-3-1-9-2-4-10/h6,9,11H,1-5,8H2/t6-/m0/s1. The van der Waals surface area contributed by atoms with Crippen LogP contribution in [0.4, 0.5) is 0 Å². The van der Waals surface area contributed by atoms with Gasteiger partial charge in [0.05, 0.1) is 6.61 Å². The van der Waals surface area contributed by atoms with E-state index in [9.17, 15) is 4.79 Å². The lowest BCUT2D eigenvalue weighted by atomic mass is 10.2. The molecule has 0 aromatic rings. The van der Waals surface area contributed by atoms with Gasteiger partial charge in [-0.2, -0.15) is 0 Å². The molecule has 0 radical (unpaired) electrons. The van der Waals surface area contributed by atoms with E-state index in [0.717, 1.165) is 13.1 Å². The monoisotopic (exact) mass is 173 g/mol. The Morgan fingerprint density at radius 1 is 1.58 bits per heavy atom. The van der Waals surface area contributed by atoms with E-state index < -0.39 is 6.04 Å². The summed E-state index contributed by atoms with van der Waals surface area (Å²) in [6, 6.07) is -0.747. The molecule has 0 aromatic carbocycles. The molecule has 1 rings (SSSR count). The van der Waals surface area contributed by atoms with Crippen LogP contribution in [0.3, 0.4) is 0 Å². The fourth-order valence-corrected chi connectivity index (χ4v) is 1.20. The van der Waals surface area contributed by atoms with Crippen molar-refractivity contribution < 1.29 is 9.90 Å². The maximum atomic E-state index is 11.3. The molecule has 4 N–H and O–H groups in total. The van der Waals surface area contributed by atoms with Gasteiger partial charge in [-0.15, -0.1) is 0 Å². The van der Waals surface area contributed by atoms with E-state index in [0.29, 0.717) is 13.1 Å². The summed E-state index contributed by atoms with van der Waals surface area (Å²) in [6.45, 7) is 2.72. The van der Waals surface area contributed by atoms with Gasteiger partial charge in [0.2, 0.25) is 5.91 Å². The van der Waals surface area contributed by atoms with E-state index in [1.807, 2.05) is 0 Å². The van der Waals surface area contributed by atoms with Gasteiger partial charge >= 0.3 is 0 Å². The van der Waals surface area contributed by atoms with Crippen LogP contribution in [0, 0.1) is 0 Å². The molecule has 1 amide bonds. The summed E-state index contributed by atoms with van der Waals surface area (Å²) in [5.41, 5.74) is 5.39. The Morgan fingerprint density at radius 3 is 2.67 bits per heavy atom. The summed E-state index contributed by atoms with van der Waals surface area (Å²) in [4.78, 5) is 13.0. The first kappa shape index (κ1) is 9.44. The van der Waals surface area contributed by atoms with Crippen LogP contribution >= 0.6 is 0 Å². The van der Waals surface area contributed by atoms with Gasteiger partial charge in [-0.3, -0.25) is 4.79 Å². The first-order chi connectivity index (χ1) is 5.75. The van der Waals surface area contributed by atoms with Crippen molar-refractivity contribution >= 4 is 5.91 Å². The zero-order valence-corrected chi connectivity index (χ0v) is 6.99. The maximum Gasteiger partial charge on any atom is 0.241 e. The minimum absolute atomic E-state index is 0.154. The van der Waals surface area contributed by atoms with Crippen molar-refractivity contribution in [2.75, 3.05) is 32.8 Å². The van der Waals surface area contributed by atoms with E-state index in [2.05, 4.69) is 5.32 Å². The fraction of sp³-hybridized carbons (Fsp3) is 0.857. The summed E-state index contributed by atoms with van der Waals surface area (Å²) in [6.07, 6.45) is 0. The molecule has 70 valence electrons. The molecule has 0 aromatic heterocycles. The largest absolute Gasteiger partial charge is 0.394 e. The molecule has 0 unspecified atom stereocenters. The highest BCUT2D eigenvalue weighted by molar-refractivity contribution is 5.81. The Hall–Kier alpha value is -0.650. The number of amides is 1. The third-order valence-electron chi connectivity index (χ3n) is 1.94. The van der Waals surface area contributed by atoms with Crippen LogP contribution in [0.15, 0.2) is 0 Å². The third-order valence-corrected chi connectivity index (χ3v) is 1.94. The number of nitrogens with one attached hydrogen (secondary N) is 1. The molecule has 0 spiro atoms. The molecule has 1 fully saturated rings. The SMILES string of the molecule is N[C@@H](CO)C(=O)N1CCNCC1. The van der Waals surface area contributed by atoms with E-state index in [-0.39, 0.29) is 12.5 Å². The molecule has 5 heteroatoms. The van der Waals surface area contributed by atoms with Crippen molar-refractivity contribution in [2.24, 2.45) is 5.73 Å². The topological polar surface area (TPSA) is 78.6 Å². The van der Waals surface area contributed by atoms with Crippen LogP contribution in [-0.2, 0) is 4.79 Å².